The Morgan fingerprint density at radius 3 is 2.65 bits per heavy atom. The second-order valence-electron chi connectivity index (χ2n) is 5.72. The number of halogens is 1. The van der Waals surface area contributed by atoms with E-state index in [1.165, 1.54) is 18.5 Å². The number of benzene rings is 1. The van der Waals surface area contributed by atoms with Crippen molar-refractivity contribution in [1.82, 2.24) is 9.97 Å². The fourth-order valence-corrected chi connectivity index (χ4v) is 1.97. The Balaban J connectivity index is 2.52. The van der Waals surface area contributed by atoms with Gasteiger partial charge in [0, 0.05) is 18.7 Å². The van der Waals surface area contributed by atoms with Crippen LogP contribution in [0.25, 0.3) is 10.9 Å². The van der Waals surface area contributed by atoms with E-state index in [1.54, 1.807) is 0 Å². The van der Waals surface area contributed by atoms with Crippen LogP contribution >= 0.6 is 11.6 Å². The van der Waals surface area contributed by atoms with Crippen molar-refractivity contribution in [2.24, 2.45) is 5.41 Å². The first kappa shape index (κ1) is 14.5. The van der Waals surface area contributed by atoms with Gasteiger partial charge in [0.1, 0.15) is 12.1 Å². The lowest BCUT2D eigenvalue weighted by molar-refractivity contribution is -0.384. The van der Waals surface area contributed by atoms with Gasteiger partial charge in [0.05, 0.1) is 20.8 Å². The SMILES string of the molecule is CC(C)(C)CNc1ncnc2c(Cl)cc([N+](=O)[O-])cc12. The quantitative estimate of drug-likeness (QED) is 0.690. The van der Waals surface area contributed by atoms with E-state index in [0.717, 1.165) is 0 Å². The summed E-state index contributed by atoms with van der Waals surface area (Å²) in [4.78, 5) is 18.7. The number of hydrogen-bond donors (Lipinski definition) is 1. The lowest BCUT2D eigenvalue weighted by Gasteiger charge is -2.19. The van der Waals surface area contributed by atoms with Gasteiger partial charge >= 0.3 is 0 Å². The van der Waals surface area contributed by atoms with Crippen LogP contribution in [0.3, 0.4) is 0 Å². The van der Waals surface area contributed by atoms with Crippen molar-refractivity contribution < 1.29 is 4.92 Å². The van der Waals surface area contributed by atoms with Gasteiger partial charge in [-0.05, 0) is 5.41 Å². The van der Waals surface area contributed by atoms with Gasteiger partial charge in [-0.2, -0.15) is 0 Å². The molecule has 106 valence electrons. The molecular formula is C13H15ClN4O2. The summed E-state index contributed by atoms with van der Waals surface area (Å²) >= 11 is 6.05. The highest BCUT2D eigenvalue weighted by molar-refractivity contribution is 6.35. The van der Waals surface area contributed by atoms with Gasteiger partial charge in [0.25, 0.3) is 5.69 Å². The summed E-state index contributed by atoms with van der Waals surface area (Å²) in [7, 11) is 0. The van der Waals surface area contributed by atoms with E-state index in [4.69, 9.17) is 11.6 Å². The van der Waals surface area contributed by atoms with E-state index < -0.39 is 4.92 Å². The maximum Gasteiger partial charge on any atom is 0.271 e. The van der Waals surface area contributed by atoms with Crippen LogP contribution in [0.1, 0.15) is 20.8 Å². The highest BCUT2D eigenvalue weighted by atomic mass is 35.5. The molecule has 0 aliphatic heterocycles. The summed E-state index contributed by atoms with van der Waals surface area (Å²) in [5.41, 5.74) is 0.488. The molecule has 0 aliphatic carbocycles. The van der Waals surface area contributed by atoms with Crippen LogP contribution in [0, 0.1) is 15.5 Å². The van der Waals surface area contributed by atoms with Crippen molar-refractivity contribution in [3.8, 4) is 0 Å². The monoisotopic (exact) mass is 294 g/mol. The second-order valence-corrected chi connectivity index (χ2v) is 6.12. The minimum Gasteiger partial charge on any atom is -0.369 e. The minimum atomic E-state index is -0.480. The topological polar surface area (TPSA) is 81.0 Å². The summed E-state index contributed by atoms with van der Waals surface area (Å²) in [5, 5.41) is 14.9. The first-order chi connectivity index (χ1) is 9.28. The molecule has 0 bridgehead atoms. The van der Waals surface area contributed by atoms with Crippen LogP contribution in [-0.4, -0.2) is 21.4 Å². The van der Waals surface area contributed by atoms with Gasteiger partial charge in [0.15, 0.2) is 0 Å². The second kappa shape index (κ2) is 5.20. The molecule has 2 aromatic rings. The number of hydrogen-bond acceptors (Lipinski definition) is 5. The maximum atomic E-state index is 10.9. The number of nitro benzene ring substituents is 1. The Labute approximate surface area is 121 Å². The Morgan fingerprint density at radius 2 is 2.05 bits per heavy atom. The highest BCUT2D eigenvalue weighted by Crippen LogP contribution is 2.31. The standard InChI is InChI=1S/C13H15ClN4O2/c1-13(2,3)6-15-12-9-4-8(18(19)20)5-10(14)11(9)16-7-17-12/h4-5,7H,6H2,1-3H3,(H,15,16,17). The molecule has 0 unspecified atom stereocenters. The Morgan fingerprint density at radius 1 is 1.35 bits per heavy atom. The smallest absolute Gasteiger partial charge is 0.271 e. The number of non-ortho nitro benzene ring substituents is 1. The lowest BCUT2D eigenvalue weighted by Crippen LogP contribution is -2.19. The van der Waals surface area contributed by atoms with E-state index in [0.29, 0.717) is 23.3 Å². The molecular weight excluding hydrogens is 280 g/mol. The molecule has 20 heavy (non-hydrogen) atoms. The van der Waals surface area contributed by atoms with Gasteiger partial charge in [-0.1, -0.05) is 32.4 Å². The van der Waals surface area contributed by atoms with E-state index in [-0.39, 0.29) is 16.1 Å². The Bertz CT molecular complexity index is 667. The molecule has 0 fully saturated rings. The molecule has 7 heteroatoms. The van der Waals surface area contributed by atoms with Crippen LogP contribution in [0.5, 0.6) is 0 Å². The first-order valence-corrected chi connectivity index (χ1v) is 6.48. The van der Waals surface area contributed by atoms with Crippen LogP contribution < -0.4 is 5.32 Å². The zero-order chi connectivity index (χ0) is 14.9. The maximum absolute atomic E-state index is 10.9. The number of nitrogens with zero attached hydrogens (tertiary/aromatic N) is 3. The molecule has 2 rings (SSSR count). The minimum absolute atomic E-state index is 0.0573. The van der Waals surface area contributed by atoms with Crippen molar-refractivity contribution in [1.29, 1.82) is 0 Å². The summed E-state index contributed by atoms with van der Waals surface area (Å²) < 4.78 is 0. The van der Waals surface area contributed by atoms with Crippen molar-refractivity contribution in [3.63, 3.8) is 0 Å². The molecule has 0 radical (unpaired) electrons. The number of fused-ring (bicyclic) bond motifs is 1. The summed E-state index contributed by atoms with van der Waals surface area (Å²) in [5.74, 6) is 0.551. The number of anilines is 1. The van der Waals surface area contributed by atoms with Gasteiger partial charge in [-0.15, -0.1) is 0 Å². The molecule has 1 heterocycles. The zero-order valence-electron chi connectivity index (χ0n) is 11.5. The number of nitrogens with one attached hydrogen (secondary N) is 1. The zero-order valence-corrected chi connectivity index (χ0v) is 12.2. The van der Waals surface area contributed by atoms with E-state index in [9.17, 15) is 10.1 Å². The average Bonchev–Trinajstić information content (AvgIpc) is 2.35. The molecule has 0 saturated heterocycles. The summed E-state index contributed by atoms with van der Waals surface area (Å²) in [6, 6.07) is 2.73. The molecule has 1 aromatic carbocycles. The molecule has 0 amide bonds. The Kier molecular flexibility index (Phi) is 3.76. The van der Waals surface area contributed by atoms with Crippen molar-refractivity contribution in [3.05, 3.63) is 33.6 Å². The number of rotatable bonds is 3. The lowest BCUT2D eigenvalue weighted by atomic mass is 9.97. The highest BCUT2D eigenvalue weighted by Gasteiger charge is 2.16. The third kappa shape index (κ3) is 3.14. The van der Waals surface area contributed by atoms with Crippen LogP contribution in [0.4, 0.5) is 11.5 Å². The predicted octanol–water partition coefficient (Wildman–Crippen LogP) is 3.65. The molecule has 1 aromatic heterocycles. The number of nitro groups is 1. The fourth-order valence-electron chi connectivity index (χ4n) is 1.71. The summed E-state index contributed by atoms with van der Waals surface area (Å²) in [6.07, 6.45) is 1.39. The van der Waals surface area contributed by atoms with Crippen molar-refractivity contribution in [2.75, 3.05) is 11.9 Å². The molecule has 0 aliphatic rings. The van der Waals surface area contributed by atoms with E-state index in [2.05, 4.69) is 36.1 Å². The molecule has 0 spiro atoms. The van der Waals surface area contributed by atoms with Gasteiger partial charge in [0.2, 0.25) is 0 Å². The van der Waals surface area contributed by atoms with Crippen molar-refractivity contribution >= 4 is 34.0 Å². The van der Waals surface area contributed by atoms with Gasteiger partial charge in [-0.25, -0.2) is 9.97 Å². The Hall–Kier alpha value is -1.95. The third-order valence-electron chi connectivity index (χ3n) is 2.67. The fraction of sp³-hybridized carbons (Fsp3) is 0.385. The van der Waals surface area contributed by atoms with Crippen molar-refractivity contribution in [2.45, 2.75) is 20.8 Å². The normalized spacial score (nSPS) is 11.6. The average molecular weight is 295 g/mol. The third-order valence-corrected chi connectivity index (χ3v) is 2.96. The predicted molar refractivity (Wildman–Crippen MR) is 79.1 cm³/mol. The van der Waals surface area contributed by atoms with Gasteiger partial charge < -0.3 is 5.32 Å². The van der Waals surface area contributed by atoms with E-state index >= 15 is 0 Å². The largest absolute Gasteiger partial charge is 0.369 e. The summed E-state index contributed by atoms with van der Waals surface area (Å²) in [6.45, 7) is 6.93. The van der Waals surface area contributed by atoms with E-state index in [1.807, 2.05) is 0 Å². The first-order valence-electron chi connectivity index (χ1n) is 6.10. The van der Waals surface area contributed by atoms with Crippen LogP contribution in [0.15, 0.2) is 18.5 Å². The molecule has 6 nitrogen and oxygen atoms in total. The molecule has 0 saturated carbocycles. The van der Waals surface area contributed by atoms with Crippen LogP contribution in [0.2, 0.25) is 5.02 Å². The molecule has 0 atom stereocenters. The number of aromatic nitrogens is 2. The van der Waals surface area contributed by atoms with Crippen LogP contribution in [-0.2, 0) is 0 Å². The molecule has 1 N–H and O–H groups in total. The van der Waals surface area contributed by atoms with Gasteiger partial charge in [-0.3, -0.25) is 10.1 Å².